The fourth-order valence-electron chi connectivity index (χ4n) is 3.71. The monoisotopic (exact) mass is 346 g/mol. The van der Waals surface area contributed by atoms with Gasteiger partial charge < -0.3 is 14.7 Å². The summed E-state index contributed by atoms with van der Waals surface area (Å²) in [6.45, 7) is 1.86. The first-order chi connectivity index (χ1) is 12.6. The molecule has 0 aromatic heterocycles. The molecule has 3 aromatic carbocycles. The van der Waals surface area contributed by atoms with E-state index in [1.165, 1.54) is 0 Å². The van der Waals surface area contributed by atoms with Crippen LogP contribution in [0.5, 0.6) is 0 Å². The molecule has 3 aromatic rings. The molecule has 132 valence electrons. The van der Waals surface area contributed by atoms with E-state index in [1.807, 2.05) is 61.5 Å². The van der Waals surface area contributed by atoms with Crippen molar-refractivity contribution in [3.8, 4) is 0 Å². The average molecular weight is 346 g/mol. The Morgan fingerprint density at radius 1 is 0.731 bits per heavy atom. The molecule has 0 aliphatic rings. The Morgan fingerprint density at radius 2 is 1.08 bits per heavy atom. The van der Waals surface area contributed by atoms with Crippen LogP contribution in [0, 0.1) is 0 Å². The van der Waals surface area contributed by atoms with Crippen LogP contribution >= 0.6 is 0 Å². The second-order valence-electron chi connectivity index (χ2n) is 6.48. The fourth-order valence-corrected chi connectivity index (χ4v) is 3.71. The van der Waals surface area contributed by atoms with Gasteiger partial charge in [0.1, 0.15) is 0 Å². The molecule has 0 spiro atoms. The lowest BCUT2D eigenvalue weighted by Gasteiger charge is -2.38. The Kier molecular flexibility index (Phi) is 5.89. The highest BCUT2D eigenvalue weighted by Gasteiger charge is 2.38. The summed E-state index contributed by atoms with van der Waals surface area (Å²) in [7, 11) is -1.79. The standard InChI is InChI=1S/C22H23BO3/c1-18(26-23(24)25)17-22(19-11-5-2-6-12-19,20-13-7-3-8-14-20)21-15-9-4-10-16-21/h2-16,18,24-25H,17H2,1H3. The molecule has 0 saturated heterocycles. The first-order valence-electron chi connectivity index (χ1n) is 8.81. The van der Waals surface area contributed by atoms with E-state index in [4.69, 9.17) is 4.65 Å². The molecule has 1 atom stereocenters. The first kappa shape index (κ1) is 18.4. The van der Waals surface area contributed by atoms with Crippen molar-refractivity contribution in [2.75, 3.05) is 0 Å². The molecule has 2 N–H and O–H groups in total. The zero-order valence-electron chi connectivity index (χ0n) is 14.8. The van der Waals surface area contributed by atoms with E-state index in [0.29, 0.717) is 6.42 Å². The van der Waals surface area contributed by atoms with Gasteiger partial charge in [-0.25, -0.2) is 0 Å². The normalized spacial score (nSPS) is 12.6. The van der Waals surface area contributed by atoms with Crippen molar-refractivity contribution < 1.29 is 14.7 Å². The predicted molar refractivity (Wildman–Crippen MR) is 105 cm³/mol. The number of hydrogen-bond acceptors (Lipinski definition) is 3. The van der Waals surface area contributed by atoms with Gasteiger partial charge in [0.15, 0.2) is 0 Å². The lowest BCUT2D eigenvalue weighted by atomic mass is 9.66. The highest BCUT2D eigenvalue weighted by atomic mass is 16.6. The Labute approximate surface area is 155 Å². The van der Waals surface area contributed by atoms with Gasteiger partial charge in [-0.15, -0.1) is 0 Å². The van der Waals surface area contributed by atoms with Crippen molar-refractivity contribution >= 4 is 7.32 Å². The molecule has 3 rings (SSSR count). The van der Waals surface area contributed by atoms with Crippen molar-refractivity contribution in [3.63, 3.8) is 0 Å². The summed E-state index contributed by atoms with van der Waals surface area (Å²) >= 11 is 0. The molecule has 0 radical (unpaired) electrons. The minimum atomic E-state index is -1.79. The summed E-state index contributed by atoms with van der Waals surface area (Å²) < 4.78 is 5.28. The maximum atomic E-state index is 9.26. The Hall–Kier alpha value is -2.40. The quantitative estimate of drug-likeness (QED) is 0.506. The van der Waals surface area contributed by atoms with E-state index < -0.39 is 12.7 Å². The smallest absolute Gasteiger partial charge is 0.402 e. The van der Waals surface area contributed by atoms with Crippen LogP contribution in [0.2, 0.25) is 0 Å². The summed E-state index contributed by atoms with van der Waals surface area (Å²) in [5.41, 5.74) is 2.96. The van der Waals surface area contributed by atoms with Crippen LogP contribution in [-0.4, -0.2) is 23.5 Å². The molecule has 0 fully saturated rings. The van der Waals surface area contributed by atoms with E-state index in [0.717, 1.165) is 16.7 Å². The molecule has 0 saturated carbocycles. The Balaban J connectivity index is 2.21. The third-order valence-corrected chi connectivity index (χ3v) is 4.75. The van der Waals surface area contributed by atoms with E-state index in [2.05, 4.69) is 36.4 Å². The van der Waals surface area contributed by atoms with Gasteiger partial charge in [0.25, 0.3) is 0 Å². The molecular formula is C22H23BO3. The van der Waals surface area contributed by atoms with Gasteiger partial charge in [0.2, 0.25) is 0 Å². The van der Waals surface area contributed by atoms with Gasteiger partial charge >= 0.3 is 7.32 Å². The summed E-state index contributed by atoms with van der Waals surface area (Å²) in [5.74, 6) is 0. The topological polar surface area (TPSA) is 49.7 Å². The number of benzene rings is 3. The van der Waals surface area contributed by atoms with Gasteiger partial charge in [0.05, 0.1) is 0 Å². The molecule has 0 aliphatic heterocycles. The van der Waals surface area contributed by atoms with Crippen molar-refractivity contribution in [3.05, 3.63) is 108 Å². The largest absolute Gasteiger partial charge is 0.634 e. The van der Waals surface area contributed by atoms with E-state index >= 15 is 0 Å². The van der Waals surface area contributed by atoms with Gasteiger partial charge in [-0.05, 0) is 30.0 Å². The number of hydrogen-bond donors (Lipinski definition) is 2. The van der Waals surface area contributed by atoms with Crippen molar-refractivity contribution in [2.24, 2.45) is 0 Å². The minimum absolute atomic E-state index is 0.365. The van der Waals surface area contributed by atoms with Crippen LogP contribution < -0.4 is 0 Å². The first-order valence-corrected chi connectivity index (χ1v) is 8.81. The molecule has 0 aliphatic carbocycles. The molecule has 1 unspecified atom stereocenters. The van der Waals surface area contributed by atoms with Crippen LogP contribution in [0.25, 0.3) is 0 Å². The molecule has 0 bridgehead atoms. The molecular weight excluding hydrogens is 323 g/mol. The van der Waals surface area contributed by atoms with Crippen molar-refractivity contribution in [1.82, 2.24) is 0 Å². The van der Waals surface area contributed by atoms with Crippen LogP contribution in [0.15, 0.2) is 91.0 Å². The molecule has 4 heteroatoms. The van der Waals surface area contributed by atoms with Crippen molar-refractivity contribution in [2.45, 2.75) is 24.9 Å². The van der Waals surface area contributed by atoms with Crippen LogP contribution in [0.4, 0.5) is 0 Å². The highest BCUT2D eigenvalue weighted by Crippen LogP contribution is 2.43. The van der Waals surface area contributed by atoms with E-state index in [1.54, 1.807) is 0 Å². The average Bonchev–Trinajstić information content (AvgIpc) is 2.67. The second-order valence-corrected chi connectivity index (χ2v) is 6.48. The maximum Gasteiger partial charge on any atom is 0.634 e. The third-order valence-electron chi connectivity index (χ3n) is 4.75. The third kappa shape index (κ3) is 3.88. The summed E-state index contributed by atoms with van der Waals surface area (Å²) in [4.78, 5) is 0. The lowest BCUT2D eigenvalue weighted by Crippen LogP contribution is -2.36. The molecule has 0 amide bonds. The predicted octanol–water partition coefficient (Wildman–Crippen LogP) is 3.79. The van der Waals surface area contributed by atoms with Gasteiger partial charge in [-0.1, -0.05) is 91.0 Å². The summed E-state index contributed by atoms with van der Waals surface area (Å²) in [6, 6.07) is 30.9. The minimum Gasteiger partial charge on any atom is -0.402 e. The van der Waals surface area contributed by atoms with Crippen LogP contribution in [-0.2, 0) is 10.1 Å². The van der Waals surface area contributed by atoms with E-state index in [9.17, 15) is 10.0 Å². The highest BCUT2D eigenvalue weighted by molar-refractivity contribution is 6.32. The van der Waals surface area contributed by atoms with Gasteiger partial charge in [-0.2, -0.15) is 0 Å². The van der Waals surface area contributed by atoms with Crippen LogP contribution in [0.3, 0.4) is 0 Å². The van der Waals surface area contributed by atoms with Crippen LogP contribution in [0.1, 0.15) is 30.0 Å². The van der Waals surface area contributed by atoms with Gasteiger partial charge in [0, 0.05) is 11.5 Å². The zero-order chi connectivity index (χ0) is 18.4. The number of rotatable bonds is 7. The fraction of sp³-hybridized carbons (Fsp3) is 0.182. The van der Waals surface area contributed by atoms with E-state index in [-0.39, 0.29) is 6.10 Å². The van der Waals surface area contributed by atoms with Crippen molar-refractivity contribution in [1.29, 1.82) is 0 Å². The van der Waals surface area contributed by atoms with Gasteiger partial charge in [-0.3, -0.25) is 0 Å². The Bertz CT molecular complexity index is 695. The molecule has 0 heterocycles. The maximum absolute atomic E-state index is 9.26. The molecule has 26 heavy (non-hydrogen) atoms. The second kappa shape index (κ2) is 8.32. The Morgan fingerprint density at radius 3 is 1.38 bits per heavy atom. The summed E-state index contributed by atoms with van der Waals surface area (Å²) in [6.07, 6.45) is 0.207. The lowest BCUT2D eigenvalue weighted by molar-refractivity contribution is 0.114. The summed E-state index contributed by atoms with van der Waals surface area (Å²) in [5, 5.41) is 18.5. The zero-order valence-corrected chi connectivity index (χ0v) is 14.8. The molecule has 3 nitrogen and oxygen atoms in total. The SMILES string of the molecule is CC(CC(c1ccccc1)(c1ccccc1)c1ccccc1)OB(O)O.